The summed E-state index contributed by atoms with van der Waals surface area (Å²) in [5.41, 5.74) is 1.78. The Morgan fingerprint density at radius 1 is 1.26 bits per heavy atom. The van der Waals surface area contributed by atoms with Crippen LogP contribution in [0.25, 0.3) is 0 Å². The van der Waals surface area contributed by atoms with Crippen LogP contribution in [0, 0.1) is 11.3 Å². The van der Waals surface area contributed by atoms with Crippen LogP contribution in [0.3, 0.4) is 0 Å². The number of carbonyl (C=O) groups is 2. The monoisotopic (exact) mass is 548 g/mol. The van der Waals surface area contributed by atoms with Gasteiger partial charge >= 0.3 is 0 Å². The van der Waals surface area contributed by atoms with Crippen LogP contribution in [-0.2, 0) is 9.59 Å². The lowest BCUT2D eigenvalue weighted by molar-refractivity contribution is -0.124. The molecule has 0 spiro atoms. The molecule has 1 fully saturated rings. The predicted octanol–water partition coefficient (Wildman–Crippen LogP) is 6.81. The van der Waals surface area contributed by atoms with E-state index in [0.29, 0.717) is 37.8 Å². The molecule has 2 atom stereocenters. The first-order valence-electron chi connectivity index (χ1n) is 13.6. The topological polar surface area (TPSA) is 85.6 Å². The first-order chi connectivity index (χ1) is 18.2. The number of ketones is 1. The Kier molecular flexibility index (Phi) is 13.7. The van der Waals surface area contributed by atoms with Crippen LogP contribution in [-0.4, -0.2) is 53.7 Å². The van der Waals surface area contributed by atoms with Gasteiger partial charge in [-0.25, -0.2) is 8.78 Å². The van der Waals surface area contributed by atoms with Crippen LogP contribution in [0.2, 0.25) is 0 Å². The van der Waals surface area contributed by atoms with Gasteiger partial charge in [0.2, 0.25) is 12.3 Å². The van der Waals surface area contributed by atoms with Gasteiger partial charge in [0.15, 0.2) is 0 Å². The summed E-state index contributed by atoms with van der Waals surface area (Å²) in [6, 6.07) is -0.151. The highest BCUT2D eigenvalue weighted by molar-refractivity contribution is 8.06. The fourth-order valence-corrected chi connectivity index (χ4v) is 5.51. The molecule has 0 aliphatic carbocycles. The highest BCUT2D eigenvalue weighted by Crippen LogP contribution is 2.34. The normalized spacial score (nSPS) is 18.9. The van der Waals surface area contributed by atoms with Crippen molar-refractivity contribution in [2.45, 2.75) is 91.5 Å². The molecule has 2 rings (SSSR count). The SMILES string of the molecule is C/C=C\S/C(=C/C)C1=NCC(C(=N)/C=C\CC(F)F)=C2CC(NC(=O)CCCC(CCC)C(=O)CC)CN12. The molecule has 0 aromatic heterocycles. The number of Topliss-reactive ketones (excluding diaryl/α,β-unsaturated/α-hetero) is 1. The van der Waals surface area contributed by atoms with E-state index in [0.717, 1.165) is 35.7 Å². The summed E-state index contributed by atoms with van der Waals surface area (Å²) in [4.78, 5) is 32.8. The lowest BCUT2D eigenvalue weighted by Gasteiger charge is -2.29. The van der Waals surface area contributed by atoms with Gasteiger partial charge in [-0.2, -0.15) is 0 Å². The van der Waals surface area contributed by atoms with Crippen molar-refractivity contribution in [1.82, 2.24) is 10.2 Å². The van der Waals surface area contributed by atoms with E-state index in [1.54, 1.807) is 11.8 Å². The molecular weight excluding hydrogens is 506 g/mol. The Balaban J connectivity index is 2.14. The second-order valence-electron chi connectivity index (χ2n) is 9.52. The summed E-state index contributed by atoms with van der Waals surface area (Å²) in [5.74, 6) is 1.06. The summed E-state index contributed by atoms with van der Waals surface area (Å²) in [5, 5.41) is 13.6. The highest BCUT2D eigenvalue weighted by Gasteiger charge is 2.36. The number of nitrogens with zero attached hydrogens (tertiary/aromatic N) is 2. The Morgan fingerprint density at radius 3 is 2.66 bits per heavy atom. The zero-order valence-electron chi connectivity index (χ0n) is 23.1. The van der Waals surface area contributed by atoms with E-state index in [9.17, 15) is 18.4 Å². The molecule has 9 heteroatoms. The Morgan fingerprint density at radius 2 is 2.03 bits per heavy atom. The third-order valence-electron chi connectivity index (χ3n) is 6.66. The first-order valence-corrected chi connectivity index (χ1v) is 14.5. The first kappa shape index (κ1) is 31.7. The number of hydrogen-bond acceptors (Lipinski definition) is 6. The van der Waals surface area contributed by atoms with Crippen LogP contribution in [0.4, 0.5) is 8.78 Å². The molecule has 1 saturated heterocycles. The van der Waals surface area contributed by atoms with Crippen molar-refractivity contribution in [2.24, 2.45) is 10.9 Å². The molecule has 0 saturated carbocycles. The van der Waals surface area contributed by atoms with E-state index in [1.807, 2.05) is 38.3 Å². The third-order valence-corrected chi connectivity index (χ3v) is 7.74. The Bertz CT molecular complexity index is 1000. The van der Waals surface area contributed by atoms with Gasteiger partial charge in [0.1, 0.15) is 11.6 Å². The molecule has 2 aliphatic rings. The van der Waals surface area contributed by atoms with Gasteiger partial charge in [-0.05, 0) is 44.6 Å². The number of rotatable bonds is 16. The average molecular weight is 549 g/mol. The molecule has 2 N–H and O–H groups in total. The van der Waals surface area contributed by atoms with E-state index in [1.165, 1.54) is 12.2 Å². The smallest absolute Gasteiger partial charge is 0.242 e. The van der Waals surface area contributed by atoms with E-state index in [-0.39, 0.29) is 35.9 Å². The molecule has 38 heavy (non-hydrogen) atoms. The number of nitrogens with one attached hydrogen (secondary N) is 2. The van der Waals surface area contributed by atoms with Gasteiger partial charge in [-0.1, -0.05) is 50.3 Å². The Labute approximate surface area is 230 Å². The fraction of sp³-hybridized carbons (Fsp3) is 0.586. The predicted molar refractivity (Wildman–Crippen MR) is 154 cm³/mol. The fourth-order valence-electron chi connectivity index (χ4n) is 4.81. The molecule has 0 radical (unpaired) electrons. The van der Waals surface area contributed by atoms with Crippen molar-refractivity contribution in [3.05, 3.63) is 45.9 Å². The minimum atomic E-state index is -2.45. The summed E-state index contributed by atoms with van der Waals surface area (Å²) in [7, 11) is 0. The van der Waals surface area contributed by atoms with Crippen molar-refractivity contribution in [3.8, 4) is 0 Å². The van der Waals surface area contributed by atoms with Gasteiger partial charge in [0, 0.05) is 54.3 Å². The van der Waals surface area contributed by atoms with Crippen LogP contribution in [0.5, 0.6) is 0 Å². The second-order valence-corrected chi connectivity index (χ2v) is 10.5. The number of amides is 1. The number of fused-ring (bicyclic) bond motifs is 1. The second kappa shape index (κ2) is 16.4. The van der Waals surface area contributed by atoms with Crippen LogP contribution in [0.15, 0.2) is 50.9 Å². The maximum absolute atomic E-state index is 12.8. The molecule has 6 nitrogen and oxygen atoms in total. The zero-order chi connectivity index (χ0) is 28.1. The molecule has 2 heterocycles. The number of carbonyl (C=O) groups excluding carboxylic acids is 2. The summed E-state index contributed by atoms with van der Waals surface area (Å²) in [6.07, 6.45) is 8.51. The van der Waals surface area contributed by atoms with Crippen molar-refractivity contribution >= 4 is 35.0 Å². The molecule has 0 aromatic rings. The number of alkyl halides is 2. The minimum absolute atomic E-state index is 0.0304. The van der Waals surface area contributed by atoms with E-state index < -0.39 is 12.8 Å². The number of aliphatic imine (C=N–C) groups is 1. The largest absolute Gasteiger partial charge is 0.351 e. The van der Waals surface area contributed by atoms with Crippen LogP contribution >= 0.6 is 11.8 Å². The lowest BCUT2D eigenvalue weighted by Crippen LogP contribution is -2.39. The van der Waals surface area contributed by atoms with E-state index in [4.69, 9.17) is 10.4 Å². The van der Waals surface area contributed by atoms with Crippen LogP contribution < -0.4 is 5.32 Å². The van der Waals surface area contributed by atoms with Gasteiger partial charge in [-0.15, -0.1) is 0 Å². The maximum atomic E-state index is 12.8. The number of amidine groups is 1. The standard InChI is InChI=1S/C29H42F2N4O2S/c1-5-11-20(25(36)7-3)12-9-15-28(37)34-21-17-24-22(23(32)13-10-14-27(30)31)18-33-29(35(24)19-21)26(8-4)38-16-6-2/h6,8,10,13,16,20-21,27,32H,5,7,9,11-12,14-15,17-19H2,1-4H3,(H,34,37)/b13-10-,16-6-,26-8+,32-23?. The van der Waals surface area contributed by atoms with Crippen molar-refractivity contribution in [1.29, 1.82) is 5.41 Å². The molecule has 1 amide bonds. The number of thioether (sulfide) groups is 1. The van der Waals surface area contributed by atoms with Crippen LogP contribution in [0.1, 0.15) is 79.1 Å². The van der Waals surface area contributed by atoms with Gasteiger partial charge in [-0.3, -0.25) is 14.6 Å². The average Bonchev–Trinajstić information content (AvgIpc) is 3.31. The third kappa shape index (κ3) is 9.33. The molecule has 210 valence electrons. The summed E-state index contributed by atoms with van der Waals surface area (Å²) in [6.45, 7) is 8.67. The lowest BCUT2D eigenvalue weighted by atomic mass is 9.91. The summed E-state index contributed by atoms with van der Waals surface area (Å²) < 4.78 is 25.2. The number of allylic oxidation sites excluding steroid dienone is 4. The number of hydrogen-bond donors (Lipinski definition) is 2. The molecule has 2 aliphatic heterocycles. The molecular formula is C29H42F2N4O2S. The maximum Gasteiger partial charge on any atom is 0.242 e. The van der Waals surface area contributed by atoms with Gasteiger partial charge < -0.3 is 15.6 Å². The number of halogens is 2. The highest BCUT2D eigenvalue weighted by atomic mass is 32.2. The molecule has 0 bridgehead atoms. The summed E-state index contributed by atoms with van der Waals surface area (Å²) >= 11 is 1.56. The van der Waals surface area contributed by atoms with Crippen molar-refractivity contribution in [2.75, 3.05) is 13.1 Å². The van der Waals surface area contributed by atoms with Gasteiger partial charge in [0.05, 0.1) is 18.3 Å². The quantitative estimate of drug-likeness (QED) is 0.208. The minimum Gasteiger partial charge on any atom is -0.351 e. The van der Waals surface area contributed by atoms with E-state index in [2.05, 4.69) is 17.1 Å². The zero-order valence-corrected chi connectivity index (χ0v) is 23.9. The molecule has 2 unspecified atom stereocenters. The van der Waals surface area contributed by atoms with Crippen molar-refractivity contribution < 1.29 is 18.4 Å². The Hall–Kier alpha value is -2.55. The van der Waals surface area contributed by atoms with E-state index >= 15 is 0 Å². The van der Waals surface area contributed by atoms with Crippen molar-refractivity contribution in [3.63, 3.8) is 0 Å². The van der Waals surface area contributed by atoms with Gasteiger partial charge in [0.25, 0.3) is 0 Å². The molecule has 0 aromatic carbocycles.